The summed E-state index contributed by atoms with van der Waals surface area (Å²) in [5.41, 5.74) is 0. The van der Waals surface area contributed by atoms with Crippen molar-refractivity contribution in [3.8, 4) is 0 Å². The van der Waals surface area contributed by atoms with Crippen LogP contribution in [0.25, 0.3) is 0 Å². The predicted molar refractivity (Wildman–Crippen MR) is 76.1 cm³/mol. The van der Waals surface area contributed by atoms with Crippen LogP contribution in [0.3, 0.4) is 0 Å². The van der Waals surface area contributed by atoms with E-state index in [0.717, 1.165) is 44.9 Å². The minimum absolute atomic E-state index is 0.0605. The van der Waals surface area contributed by atoms with Crippen LogP contribution in [-0.4, -0.2) is 30.5 Å². The molecule has 4 nitrogen and oxygen atoms in total. The zero-order chi connectivity index (χ0) is 13.8. The van der Waals surface area contributed by atoms with Gasteiger partial charge in [-0.15, -0.1) is 0 Å². The van der Waals surface area contributed by atoms with Crippen molar-refractivity contribution in [2.24, 2.45) is 0 Å². The van der Waals surface area contributed by atoms with Gasteiger partial charge in [0.1, 0.15) is 6.10 Å². The van der Waals surface area contributed by atoms with Gasteiger partial charge in [-0.25, -0.2) is 4.79 Å². The first-order valence-electron chi connectivity index (χ1n) is 7.55. The van der Waals surface area contributed by atoms with Crippen molar-refractivity contribution in [3.63, 3.8) is 0 Å². The number of ether oxygens (including phenoxy) is 1. The number of unbranched alkanes of at least 4 members (excludes halogenated alkanes) is 3. The first-order chi connectivity index (χ1) is 9.33. The number of rotatable bonds is 7. The molecular weight excluding hydrogens is 242 g/mol. The third-order valence-electron chi connectivity index (χ3n) is 3.32. The van der Waals surface area contributed by atoms with Gasteiger partial charge in [0.15, 0.2) is 0 Å². The fourth-order valence-corrected chi connectivity index (χ4v) is 2.19. The molecule has 0 aromatic heterocycles. The Morgan fingerprint density at radius 1 is 1.21 bits per heavy atom. The number of aliphatic hydroxyl groups excluding tert-OH is 1. The summed E-state index contributed by atoms with van der Waals surface area (Å²) in [6, 6.07) is 0. The van der Waals surface area contributed by atoms with Gasteiger partial charge in [-0.1, -0.05) is 25.3 Å². The molecule has 1 unspecified atom stereocenters. The number of allylic oxidation sites excluding steroid dienone is 1. The highest BCUT2D eigenvalue weighted by atomic mass is 16.6. The van der Waals surface area contributed by atoms with Crippen LogP contribution in [0, 0.1) is 0 Å². The van der Waals surface area contributed by atoms with E-state index < -0.39 is 0 Å². The maximum atomic E-state index is 11.6. The van der Waals surface area contributed by atoms with Gasteiger partial charge in [0.2, 0.25) is 0 Å². The van der Waals surface area contributed by atoms with Crippen molar-refractivity contribution >= 4 is 6.09 Å². The maximum absolute atomic E-state index is 11.6. The largest absolute Gasteiger partial charge is 0.442 e. The molecular formula is C15H27NO3. The Kier molecular flexibility index (Phi) is 9.15. The number of hydrogen-bond acceptors (Lipinski definition) is 3. The van der Waals surface area contributed by atoms with Gasteiger partial charge in [-0.05, 0) is 44.6 Å². The first-order valence-corrected chi connectivity index (χ1v) is 7.55. The van der Waals surface area contributed by atoms with Crippen molar-refractivity contribution in [2.75, 3.05) is 13.2 Å². The molecule has 19 heavy (non-hydrogen) atoms. The van der Waals surface area contributed by atoms with E-state index in [-0.39, 0.29) is 18.8 Å². The highest BCUT2D eigenvalue weighted by Crippen LogP contribution is 2.14. The third kappa shape index (κ3) is 8.65. The zero-order valence-corrected chi connectivity index (χ0v) is 11.8. The third-order valence-corrected chi connectivity index (χ3v) is 3.32. The molecule has 0 saturated carbocycles. The summed E-state index contributed by atoms with van der Waals surface area (Å²) in [5, 5.41) is 11.4. The SMILES string of the molecule is O=C(NCCCCCCO)OC1/C=C/CCCCC1. The molecule has 0 aromatic carbocycles. The van der Waals surface area contributed by atoms with Crippen molar-refractivity contribution in [1.29, 1.82) is 0 Å². The van der Waals surface area contributed by atoms with E-state index in [1.165, 1.54) is 12.8 Å². The lowest BCUT2D eigenvalue weighted by Gasteiger charge is -2.16. The molecule has 0 aromatic rings. The van der Waals surface area contributed by atoms with Crippen LogP contribution < -0.4 is 5.32 Å². The summed E-state index contributed by atoms with van der Waals surface area (Å²) in [5.74, 6) is 0. The quantitative estimate of drug-likeness (QED) is 0.551. The summed E-state index contributed by atoms with van der Waals surface area (Å²) in [4.78, 5) is 11.6. The number of aliphatic hydroxyl groups is 1. The van der Waals surface area contributed by atoms with Crippen LogP contribution in [-0.2, 0) is 4.74 Å². The van der Waals surface area contributed by atoms with Crippen LogP contribution in [0.15, 0.2) is 12.2 Å². The van der Waals surface area contributed by atoms with E-state index in [1.54, 1.807) is 0 Å². The smallest absolute Gasteiger partial charge is 0.407 e. The van der Waals surface area contributed by atoms with E-state index in [0.29, 0.717) is 6.54 Å². The van der Waals surface area contributed by atoms with E-state index in [2.05, 4.69) is 11.4 Å². The molecule has 2 N–H and O–H groups in total. The van der Waals surface area contributed by atoms with Gasteiger partial charge >= 0.3 is 6.09 Å². The van der Waals surface area contributed by atoms with Crippen LogP contribution in [0.5, 0.6) is 0 Å². The summed E-state index contributed by atoms with van der Waals surface area (Å²) in [7, 11) is 0. The van der Waals surface area contributed by atoms with E-state index in [9.17, 15) is 4.79 Å². The molecule has 1 aliphatic rings. The number of nitrogens with one attached hydrogen (secondary N) is 1. The Bertz CT molecular complexity index is 266. The van der Waals surface area contributed by atoms with Gasteiger partial charge in [0, 0.05) is 13.2 Å². The second kappa shape index (κ2) is 10.9. The molecule has 4 heteroatoms. The monoisotopic (exact) mass is 269 g/mol. The lowest BCUT2D eigenvalue weighted by Crippen LogP contribution is -2.29. The lowest BCUT2D eigenvalue weighted by molar-refractivity contribution is 0.113. The van der Waals surface area contributed by atoms with Gasteiger partial charge < -0.3 is 15.2 Å². The highest BCUT2D eigenvalue weighted by molar-refractivity contribution is 5.67. The standard InChI is InChI=1S/C15H27NO3/c17-13-9-5-4-8-12-16-15(18)19-14-10-6-2-1-3-7-11-14/h6,10,14,17H,1-5,7-9,11-13H2,(H,16,18)/b10-6+. The number of alkyl carbamates (subject to hydrolysis) is 1. The van der Waals surface area contributed by atoms with Crippen LogP contribution in [0.1, 0.15) is 57.8 Å². The Hall–Kier alpha value is -1.03. The number of hydrogen-bond donors (Lipinski definition) is 2. The summed E-state index contributed by atoms with van der Waals surface area (Å²) in [6.07, 6.45) is 13.2. The summed E-state index contributed by atoms with van der Waals surface area (Å²) < 4.78 is 5.38. The van der Waals surface area contributed by atoms with Crippen LogP contribution in [0.2, 0.25) is 0 Å². The minimum Gasteiger partial charge on any atom is -0.442 e. The molecule has 0 fully saturated rings. The molecule has 0 saturated heterocycles. The zero-order valence-electron chi connectivity index (χ0n) is 11.8. The van der Waals surface area contributed by atoms with E-state index in [1.807, 2.05) is 6.08 Å². The predicted octanol–water partition coefficient (Wildman–Crippen LogP) is 3.15. The molecule has 110 valence electrons. The van der Waals surface area contributed by atoms with Gasteiger partial charge in [-0.3, -0.25) is 0 Å². The van der Waals surface area contributed by atoms with Gasteiger partial charge in [-0.2, -0.15) is 0 Å². The Morgan fingerprint density at radius 2 is 2.05 bits per heavy atom. The number of carbonyl (C=O) groups excluding carboxylic acids is 1. The van der Waals surface area contributed by atoms with Crippen molar-refractivity contribution in [1.82, 2.24) is 5.32 Å². The molecule has 0 aliphatic heterocycles. The van der Waals surface area contributed by atoms with Gasteiger partial charge in [0.25, 0.3) is 0 Å². The molecule has 0 heterocycles. The molecule has 1 aliphatic carbocycles. The van der Waals surface area contributed by atoms with Crippen LogP contribution >= 0.6 is 0 Å². The molecule has 0 bridgehead atoms. The van der Waals surface area contributed by atoms with Crippen molar-refractivity contribution < 1.29 is 14.6 Å². The minimum atomic E-state index is -0.308. The summed E-state index contributed by atoms with van der Waals surface area (Å²) >= 11 is 0. The molecule has 1 atom stereocenters. The Morgan fingerprint density at radius 3 is 2.89 bits per heavy atom. The number of carbonyl (C=O) groups is 1. The first kappa shape index (κ1) is 16.0. The maximum Gasteiger partial charge on any atom is 0.407 e. The van der Waals surface area contributed by atoms with E-state index >= 15 is 0 Å². The second-order valence-electron chi connectivity index (χ2n) is 5.07. The Balaban J connectivity index is 2.07. The number of amides is 1. The van der Waals surface area contributed by atoms with Crippen molar-refractivity contribution in [2.45, 2.75) is 63.9 Å². The highest BCUT2D eigenvalue weighted by Gasteiger charge is 2.11. The summed E-state index contributed by atoms with van der Waals surface area (Å²) in [6.45, 7) is 0.907. The van der Waals surface area contributed by atoms with Crippen molar-refractivity contribution in [3.05, 3.63) is 12.2 Å². The molecule has 1 rings (SSSR count). The van der Waals surface area contributed by atoms with Gasteiger partial charge in [0.05, 0.1) is 0 Å². The topological polar surface area (TPSA) is 58.6 Å². The molecule has 0 radical (unpaired) electrons. The normalized spacial score (nSPS) is 21.2. The fraction of sp³-hybridized carbons (Fsp3) is 0.800. The van der Waals surface area contributed by atoms with Crippen LogP contribution in [0.4, 0.5) is 4.79 Å². The van der Waals surface area contributed by atoms with E-state index in [4.69, 9.17) is 9.84 Å². The fourth-order valence-electron chi connectivity index (χ4n) is 2.19. The average molecular weight is 269 g/mol. The molecule has 0 spiro atoms. The lowest BCUT2D eigenvalue weighted by atomic mass is 10.0. The Labute approximate surface area is 116 Å². The second-order valence-corrected chi connectivity index (χ2v) is 5.07. The molecule has 1 amide bonds. The average Bonchev–Trinajstić information content (AvgIpc) is 2.37.